The van der Waals surface area contributed by atoms with Crippen LogP contribution in [0.2, 0.25) is 5.02 Å². The Kier molecular flexibility index (Phi) is 11.2. The molecular weight excluding hydrogens is 570 g/mol. The van der Waals surface area contributed by atoms with Crippen molar-refractivity contribution in [2.24, 2.45) is 16.3 Å². The molecule has 2 aromatic rings. The van der Waals surface area contributed by atoms with Crippen LogP contribution in [0.3, 0.4) is 0 Å². The average molecular weight is 608 g/mol. The summed E-state index contributed by atoms with van der Waals surface area (Å²) < 4.78 is 33.4. The van der Waals surface area contributed by atoms with Gasteiger partial charge in [-0.05, 0) is 61.6 Å². The number of nitrogens with zero attached hydrogens (tertiary/aromatic N) is 2. The fourth-order valence-electron chi connectivity index (χ4n) is 4.52. The fourth-order valence-corrected chi connectivity index (χ4v) is 5.17. The van der Waals surface area contributed by atoms with Crippen molar-refractivity contribution >= 4 is 33.8 Å². The first-order chi connectivity index (χ1) is 19.3. The van der Waals surface area contributed by atoms with Gasteiger partial charge in [0.25, 0.3) is 5.91 Å². The zero-order valence-electron chi connectivity index (χ0n) is 23.5. The number of benzene rings is 2. The molecule has 3 amide bonds. The summed E-state index contributed by atoms with van der Waals surface area (Å²) >= 11 is 6.16. The number of amides is 3. The van der Waals surface area contributed by atoms with Crippen molar-refractivity contribution in [1.29, 1.82) is 0 Å². The van der Waals surface area contributed by atoms with Gasteiger partial charge < -0.3 is 15.4 Å². The Bertz CT molecular complexity index is 1340. The first-order valence-electron chi connectivity index (χ1n) is 13.2. The second-order valence-electron chi connectivity index (χ2n) is 10.5. The van der Waals surface area contributed by atoms with Crippen molar-refractivity contribution in [3.63, 3.8) is 0 Å². The first-order valence-corrected chi connectivity index (χ1v) is 15.0. The van der Waals surface area contributed by atoms with Crippen LogP contribution in [0.5, 0.6) is 5.75 Å². The summed E-state index contributed by atoms with van der Waals surface area (Å²) in [6.45, 7) is 3.76. The molecular formula is C28H38ClN5O6S. The van der Waals surface area contributed by atoms with Crippen molar-refractivity contribution < 1.29 is 26.9 Å². The van der Waals surface area contributed by atoms with E-state index < -0.39 is 27.7 Å². The smallest absolute Gasteiger partial charge is 0.339 e. The molecule has 13 heteroatoms. The Morgan fingerprint density at radius 1 is 1.24 bits per heavy atom. The van der Waals surface area contributed by atoms with E-state index in [0.717, 1.165) is 17.5 Å². The van der Waals surface area contributed by atoms with Gasteiger partial charge in [0.1, 0.15) is 5.75 Å². The van der Waals surface area contributed by atoms with Crippen molar-refractivity contribution in [2.75, 3.05) is 20.3 Å². The highest BCUT2D eigenvalue weighted by Crippen LogP contribution is 2.29. The standard InChI is InChI=1S/C28H38ClN5O6S/c1-20(30)26(35)32-34(18-21-9-11-25(39-3)12-10-21)27(36)33-15-5-8-24(33)13-14-28(2,19-40-41(31,37)38)17-22-6-4-7-23(29)16-22/h4,6-7,9-14,16,20,24H,5,8,15,17-19,30H2,1-3H3,(H,32,35)(H2,31,37,38)/t20-,24-,28-/m0/s1. The predicted octanol–water partition coefficient (Wildman–Crippen LogP) is 3.14. The maximum absolute atomic E-state index is 13.8. The minimum absolute atomic E-state index is 0.114. The van der Waals surface area contributed by atoms with Crippen molar-refractivity contribution in [1.82, 2.24) is 15.3 Å². The maximum atomic E-state index is 13.8. The van der Waals surface area contributed by atoms with Gasteiger partial charge in [-0.1, -0.05) is 54.9 Å². The molecule has 1 fully saturated rings. The molecule has 0 bridgehead atoms. The number of hydrazine groups is 1. The molecule has 2 aromatic carbocycles. The topological polar surface area (TPSA) is 157 Å². The highest BCUT2D eigenvalue weighted by atomic mass is 35.5. The van der Waals surface area contributed by atoms with E-state index in [-0.39, 0.29) is 25.2 Å². The average Bonchev–Trinajstić information content (AvgIpc) is 3.39. The molecule has 3 rings (SSSR count). The molecule has 41 heavy (non-hydrogen) atoms. The van der Waals surface area contributed by atoms with Crippen LogP contribution < -0.4 is 21.0 Å². The number of hydrogen-bond donors (Lipinski definition) is 3. The van der Waals surface area contributed by atoms with E-state index in [0.29, 0.717) is 30.2 Å². The minimum Gasteiger partial charge on any atom is -0.497 e. The molecule has 0 spiro atoms. The summed E-state index contributed by atoms with van der Waals surface area (Å²) in [5, 5.41) is 6.92. The fraction of sp³-hybridized carbons (Fsp3) is 0.429. The lowest BCUT2D eigenvalue weighted by Crippen LogP contribution is -2.55. The predicted molar refractivity (Wildman–Crippen MR) is 157 cm³/mol. The number of urea groups is 1. The van der Waals surface area contributed by atoms with Crippen molar-refractivity contribution in [3.05, 3.63) is 76.8 Å². The number of halogens is 1. The number of nitrogens with two attached hydrogens (primary N) is 2. The normalized spacial score (nSPS) is 17.7. The van der Waals surface area contributed by atoms with Gasteiger partial charge in [0.15, 0.2) is 0 Å². The van der Waals surface area contributed by atoms with E-state index in [1.165, 1.54) is 11.9 Å². The van der Waals surface area contributed by atoms with E-state index in [1.807, 2.05) is 43.3 Å². The number of hydrogen-bond acceptors (Lipinski definition) is 7. The number of methoxy groups -OCH3 is 1. The first kappa shape index (κ1) is 32.4. The van der Waals surface area contributed by atoms with Crippen molar-refractivity contribution in [2.45, 2.75) is 51.7 Å². The Morgan fingerprint density at radius 3 is 2.56 bits per heavy atom. The summed E-state index contributed by atoms with van der Waals surface area (Å²) in [5.41, 5.74) is 9.28. The Balaban J connectivity index is 1.84. The van der Waals surface area contributed by atoms with Gasteiger partial charge in [-0.3, -0.25) is 14.4 Å². The van der Waals surface area contributed by atoms with Crippen LogP contribution in [0.15, 0.2) is 60.7 Å². The van der Waals surface area contributed by atoms with E-state index in [9.17, 15) is 18.0 Å². The zero-order valence-corrected chi connectivity index (χ0v) is 25.0. The molecule has 5 N–H and O–H groups in total. The summed E-state index contributed by atoms with van der Waals surface area (Å²) in [5.74, 6) is 0.176. The summed E-state index contributed by atoms with van der Waals surface area (Å²) in [4.78, 5) is 27.9. The SMILES string of the molecule is COc1ccc(CN(NC(=O)[C@H](C)N)C(=O)N2CCC[C@H]2C=C[C@](C)(COS(N)(=O)=O)Cc2cccc(Cl)c2)cc1. The molecule has 11 nitrogen and oxygen atoms in total. The lowest BCUT2D eigenvalue weighted by molar-refractivity contribution is -0.126. The van der Waals surface area contributed by atoms with E-state index in [1.54, 1.807) is 36.3 Å². The molecule has 0 unspecified atom stereocenters. The molecule has 1 aliphatic rings. The summed E-state index contributed by atoms with van der Waals surface area (Å²) in [6.07, 6.45) is 5.57. The van der Waals surface area contributed by atoms with Crippen LogP contribution in [0, 0.1) is 5.41 Å². The van der Waals surface area contributed by atoms with Crippen LogP contribution in [0.4, 0.5) is 4.79 Å². The third-order valence-electron chi connectivity index (χ3n) is 6.70. The quantitative estimate of drug-likeness (QED) is 0.261. The van der Waals surface area contributed by atoms with Gasteiger partial charge in [0, 0.05) is 17.0 Å². The van der Waals surface area contributed by atoms with E-state index >= 15 is 0 Å². The van der Waals surface area contributed by atoms with Crippen LogP contribution in [0.25, 0.3) is 0 Å². The highest BCUT2D eigenvalue weighted by Gasteiger charge is 2.33. The van der Waals surface area contributed by atoms with Crippen LogP contribution in [0.1, 0.15) is 37.8 Å². The summed E-state index contributed by atoms with van der Waals surface area (Å²) in [7, 11) is -2.61. The van der Waals surface area contributed by atoms with Gasteiger partial charge in [-0.2, -0.15) is 8.42 Å². The van der Waals surface area contributed by atoms with Gasteiger partial charge in [-0.15, -0.1) is 0 Å². The van der Waals surface area contributed by atoms with Crippen LogP contribution >= 0.6 is 11.6 Å². The second-order valence-corrected chi connectivity index (χ2v) is 12.1. The van der Waals surface area contributed by atoms with Crippen LogP contribution in [-0.2, 0) is 32.2 Å². The van der Waals surface area contributed by atoms with E-state index in [4.69, 9.17) is 31.4 Å². The Morgan fingerprint density at radius 2 is 1.95 bits per heavy atom. The number of carbonyl (C=O) groups is 2. The molecule has 0 aromatic heterocycles. The molecule has 1 saturated heterocycles. The Hall–Kier alpha value is -3.16. The Labute approximate surface area is 246 Å². The second kappa shape index (κ2) is 14.1. The molecule has 0 saturated carbocycles. The molecule has 1 aliphatic heterocycles. The lowest BCUT2D eigenvalue weighted by Gasteiger charge is -2.32. The molecule has 0 radical (unpaired) electrons. The van der Waals surface area contributed by atoms with Crippen LogP contribution in [-0.4, -0.2) is 62.6 Å². The molecule has 0 aliphatic carbocycles. The largest absolute Gasteiger partial charge is 0.497 e. The number of nitrogens with one attached hydrogen (secondary N) is 1. The number of carbonyl (C=O) groups excluding carboxylic acids is 2. The number of rotatable bonds is 11. The number of likely N-dealkylation sites (tertiary alicyclic amines) is 1. The zero-order chi connectivity index (χ0) is 30.2. The van der Waals surface area contributed by atoms with Gasteiger partial charge in [-0.25, -0.2) is 14.9 Å². The third kappa shape index (κ3) is 10.0. The number of ether oxygens (including phenoxy) is 1. The third-order valence-corrected chi connectivity index (χ3v) is 7.39. The van der Waals surface area contributed by atoms with E-state index in [2.05, 4.69) is 5.43 Å². The monoisotopic (exact) mass is 607 g/mol. The maximum Gasteiger partial charge on any atom is 0.339 e. The van der Waals surface area contributed by atoms with Gasteiger partial charge in [0.2, 0.25) is 0 Å². The molecule has 3 atom stereocenters. The lowest BCUT2D eigenvalue weighted by atomic mass is 9.83. The summed E-state index contributed by atoms with van der Waals surface area (Å²) in [6, 6.07) is 12.9. The molecule has 224 valence electrons. The van der Waals surface area contributed by atoms with Crippen molar-refractivity contribution in [3.8, 4) is 5.75 Å². The highest BCUT2D eigenvalue weighted by molar-refractivity contribution is 7.84. The molecule has 1 heterocycles. The van der Waals surface area contributed by atoms with Gasteiger partial charge >= 0.3 is 16.3 Å². The minimum atomic E-state index is -4.17. The van der Waals surface area contributed by atoms with Gasteiger partial charge in [0.05, 0.1) is 32.3 Å².